The number of aryl methyl sites for hydroxylation is 2. The number of thiophene rings is 1. The molecule has 1 aromatic heterocycles. The Morgan fingerprint density at radius 2 is 1.74 bits per heavy atom. The van der Waals surface area contributed by atoms with Crippen LogP contribution in [0.15, 0.2) is 47.2 Å². The lowest BCUT2D eigenvalue weighted by atomic mass is 10.00. The van der Waals surface area contributed by atoms with Crippen molar-refractivity contribution in [1.29, 1.82) is 0 Å². The molecule has 0 aliphatic rings. The van der Waals surface area contributed by atoms with Gasteiger partial charge in [0.15, 0.2) is 0 Å². The first-order chi connectivity index (χ1) is 9.38. The molecular formula is C17H23NS. The van der Waals surface area contributed by atoms with E-state index in [0.717, 1.165) is 6.54 Å². The van der Waals surface area contributed by atoms with Gasteiger partial charge in [-0.05, 0) is 60.2 Å². The van der Waals surface area contributed by atoms with Crippen LogP contribution in [0.5, 0.6) is 0 Å². The lowest BCUT2D eigenvalue weighted by molar-refractivity contribution is 0.464. The lowest BCUT2D eigenvalue weighted by Crippen LogP contribution is -2.29. The normalized spacial score (nSPS) is 12.5. The van der Waals surface area contributed by atoms with Crippen LogP contribution in [0, 0.1) is 0 Å². The Balaban J connectivity index is 1.78. The Morgan fingerprint density at radius 3 is 2.37 bits per heavy atom. The van der Waals surface area contributed by atoms with Crippen LogP contribution in [0.25, 0.3) is 0 Å². The van der Waals surface area contributed by atoms with E-state index in [1.54, 1.807) is 11.3 Å². The monoisotopic (exact) mass is 273 g/mol. The van der Waals surface area contributed by atoms with Gasteiger partial charge in [0, 0.05) is 6.04 Å². The Kier molecular flexibility index (Phi) is 6.12. The predicted molar refractivity (Wildman–Crippen MR) is 84.9 cm³/mol. The Hall–Kier alpha value is -1.12. The number of rotatable bonds is 8. The molecule has 1 heterocycles. The van der Waals surface area contributed by atoms with Crippen molar-refractivity contribution in [2.75, 3.05) is 6.54 Å². The van der Waals surface area contributed by atoms with Crippen molar-refractivity contribution >= 4 is 11.3 Å². The third kappa shape index (κ3) is 5.17. The summed E-state index contributed by atoms with van der Waals surface area (Å²) in [5.74, 6) is 0. The molecule has 2 aromatic rings. The van der Waals surface area contributed by atoms with Gasteiger partial charge in [-0.2, -0.15) is 11.3 Å². The zero-order chi connectivity index (χ0) is 13.3. The van der Waals surface area contributed by atoms with Gasteiger partial charge in [0.05, 0.1) is 0 Å². The molecule has 0 bridgehead atoms. The summed E-state index contributed by atoms with van der Waals surface area (Å²) in [6.45, 7) is 3.25. The molecule has 0 saturated carbocycles. The summed E-state index contributed by atoms with van der Waals surface area (Å²) in [7, 11) is 0. The molecule has 0 aliphatic carbocycles. The smallest absolute Gasteiger partial charge is 0.00732 e. The molecule has 1 unspecified atom stereocenters. The molecule has 102 valence electrons. The van der Waals surface area contributed by atoms with E-state index in [2.05, 4.69) is 59.4 Å². The van der Waals surface area contributed by atoms with E-state index in [-0.39, 0.29) is 0 Å². The van der Waals surface area contributed by atoms with E-state index in [0.29, 0.717) is 6.04 Å². The van der Waals surface area contributed by atoms with Gasteiger partial charge in [-0.3, -0.25) is 0 Å². The molecule has 0 aliphatic heterocycles. The third-order valence-electron chi connectivity index (χ3n) is 3.48. The van der Waals surface area contributed by atoms with Crippen molar-refractivity contribution < 1.29 is 0 Å². The van der Waals surface area contributed by atoms with Crippen molar-refractivity contribution in [3.05, 3.63) is 58.3 Å². The van der Waals surface area contributed by atoms with Crippen LogP contribution < -0.4 is 5.32 Å². The largest absolute Gasteiger partial charge is 0.314 e. The van der Waals surface area contributed by atoms with Gasteiger partial charge in [-0.1, -0.05) is 37.3 Å². The quantitative estimate of drug-likeness (QED) is 0.756. The number of nitrogens with one attached hydrogen (secondary N) is 1. The molecule has 1 N–H and O–H groups in total. The summed E-state index contributed by atoms with van der Waals surface area (Å²) in [6, 6.07) is 13.7. The standard InChI is InChI=1S/C17H23NS/c1-2-18-17(11-9-16-12-13-19-14-16)10-8-15-6-4-3-5-7-15/h3-7,12-14,17-18H,2,8-11H2,1H3. The third-order valence-corrected chi connectivity index (χ3v) is 4.21. The van der Waals surface area contributed by atoms with Gasteiger partial charge in [-0.25, -0.2) is 0 Å². The maximum absolute atomic E-state index is 3.62. The predicted octanol–water partition coefficient (Wildman–Crippen LogP) is 4.29. The fourth-order valence-corrected chi connectivity index (χ4v) is 3.10. The molecule has 0 spiro atoms. The van der Waals surface area contributed by atoms with Gasteiger partial charge in [0.25, 0.3) is 0 Å². The summed E-state index contributed by atoms with van der Waals surface area (Å²) in [5, 5.41) is 8.05. The van der Waals surface area contributed by atoms with Gasteiger partial charge < -0.3 is 5.32 Å². The van der Waals surface area contributed by atoms with Gasteiger partial charge in [-0.15, -0.1) is 0 Å². The fraction of sp³-hybridized carbons (Fsp3) is 0.412. The average molecular weight is 273 g/mol. The molecule has 2 heteroatoms. The second kappa shape index (κ2) is 8.13. The van der Waals surface area contributed by atoms with Crippen molar-refractivity contribution in [2.24, 2.45) is 0 Å². The van der Waals surface area contributed by atoms with Crippen LogP contribution in [0.4, 0.5) is 0 Å². The van der Waals surface area contributed by atoms with E-state index in [4.69, 9.17) is 0 Å². The molecule has 0 fully saturated rings. The SMILES string of the molecule is CCNC(CCc1ccccc1)CCc1ccsc1. The zero-order valence-corrected chi connectivity index (χ0v) is 12.5. The highest BCUT2D eigenvalue weighted by atomic mass is 32.1. The molecular weight excluding hydrogens is 250 g/mol. The Morgan fingerprint density at radius 1 is 1.00 bits per heavy atom. The molecule has 0 saturated heterocycles. The topological polar surface area (TPSA) is 12.0 Å². The summed E-state index contributed by atoms with van der Waals surface area (Å²) >= 11 is 1.79. The van der Waals surface area contributed by atoms with Gasteiger partial charge >= 0.3 is 0 Å². The van der Waals surface area contributed by atoms with Gasteiger partial charge in [0.2, 0.25) is 0 Å². The fourth-order valence-electron chi connectivity index (χ4n) is 2.40. The van der Waals surface area contributed by atoms with E-state index >= 15 is 0 Å². The first-order valence-corrected chi connectivity index (χ1v) is 8.11. The summed E-state index contributed by atoms with van der Waals surface area (Å²) < 4.78 is 0. The van der Waals surface area contributed by atoms with Crippen LogP contribution in [0.1, 0.15) is 30.9 Å². The highest BCUT2D eigenvalue weighted by Crippen LogP contribution is 2.13. The molecule has 0 amide bonds. The minimum absolute atomic E-state index is 0.630. The van der Waals surface area contributed by atoms with E-state index in [1.165, 1.54) is 36.8 Å². The Bertz CT molecular complexity index is 436. The van der Waals surface area contributed by atoms with E-state index in [1.807, 2.05) is 0 Å². The van der Waals surface area contributed by atoms with Crippen molar-refractivity contribution in [3.63, 3.8) is 0 Å². The van der Waals surface area contributed by atoms with Crippen molar-refractivity contribution in [2.45, 2.75) is 38.6 Å². The molecule has 1 aromatic carbocycles. The summed E-state index contributed by atoms with van der Waals surface area (Å²) in [5.41, 5.74) is 2.92. The zero-order valence-electron chi connectivity index (χ0n) is 11.6. The molecule has 0 radical (unpaired) electrons. The average Bonchev–Trinajstić information content (AvgIpc) is 2.96. The second-order valence-corrected chi connectivity index (χ2v) is 5.73. The summed E-state index contributed by atoms with van der Waals surface area (Å²) in [6.07, 6.45) is 4.82. The highest BCUT2D eigenvalue weighted by Gasteiger charge is 2.08. The maximum Gasteiger partial charge on any atom is 0.00732 e. The minimum Gasteiger partial charge on any atom is -0.314 e. The summed E-state index contributed by atoms with van der Waals surface area (Å²) in [4.78, 5) is 0. The van der Waals surface area contributed by atoms with Crippen LogP contribution in [0.3, 0.4) is 0 Å². The molecule has 19 heavy (non-hydrogen) atoms. The second-order valence-electron chi connectivity index (χ2n) is 4.95. The molecule has 1 nitrogen and oxygen atoms in total. The highest BCUT2D eigenvalue weighted by molar-refractivity contribution is 7.07. The van der Waals surface area contributed by atoms with Crippen LogP contribution in [-0.2, 0) is 12.8 Å². The maximum atomic E-state index is 3.62. The number of hydrogen-bond donors (Lipinski definition) is 1. The first kappa shape index (κ1) is 14.3. The number of hydrogen-bond acceptors (Lipinski definition) is 2. The molecule has 1 atom stereocenters. The van der Waals surface area contributed by atoms with Gasteiger partial charge in [0.1, 0.15) is 0 Å². The first-order valence-electron chi connectivity index (χ1n) is 7.17. The number of benzene rings is 1. The Labute approximate surface area is 120 Å². The van der Waals surface area contributed by atoms with Crippen molar-refractivity contribution in [1.82, 2.24) is 5.32 Å². The minimum atomic E-state index is 0.630. The van der Waals surface area contributed by atoms with Crippen LogP contribution in [0.2, 0.25) is 0 Å². The van der Waals surface area contributed by atoms with Crippen LogP contribution >= 0.6 is 11.3 Å². The van der Waals surface area contributed by atoms with Crippen LogP contribution in [-0.4, -0.2) is 12.6 Å². The lowest BCUT2D eigenvalue weighted by Gasteiger charge is -2.17. The van der Waals surface area contributed by atoms with Crippen molar-refractivity contribution in [3.8, 4) is 0 Å². The van der Waals surface area contributed by atoms with E-state index < -0.39 is 0 Å². The molecule has 2 rings (SSSR count). The van der Waals surface area contributed by atoms with E-state index in [9.17, 15) is 0 Å².